The van der Waals surface area contributed by atoms with Gasteiger partial charge in [0.15, 0.2) is 16.8 Å². The molecule has 11 heteroatoms. The Morgan fingerprint density at radius 2 is 1.60 bits per heavy atom. The number of hydrogen-bond acceptors (Lipinski definition) is 8. The Morgan fingerprint density at radius 1 is 1.10 bits per heavy atom. The van der Waals surface area contributed by atoms with Crippen molar-refractivity contribution in [2.75, 3.05) is 13.2 Å². The highest BCUT2D eigenvalue weighted by Crippen LogP contribution is 2.68. The lowest BCUT2D eigenvalue weighted by Gasteiger charge is -2.37. The van der Waals surface area contributed by atoms with Gasteiger partial charge in [0.25, 0.3) is 0 Å². The molecule has 0 bridgehead atoms. The Hall–Kier alpha value is -1.34. The predicted molar refractivity (Wildman–Crippen MR) is 116 cm³/mol. The fourth-order valence-electron chi connectivity index (χ4n) is 2.69. The van der Waals surface area contributed by atoms with Gasteiger partial charge < -0.3 is 19.3 Å². The van der Waals surface area contributed by atoms with Crippen molar-refractivity contribution < 1.29 is 32.0 Å². The number of Topliss-reactive ketones (excluding diaryl/α,β-unsaturated/α-hetero) is 1. The first kappa shape index (κ1) is 26.7. The van der Waals surface area contributed by atoms with E-state index in [1.165, 1.54) is 26.0 Å². The van der Waals surface area contributed by atoms with Crippen molar-refractivity contribution in [1.29, 1.82) is 5.41 Å². The second-order valence-electron chi connectivity index (χ2n) is 7.15. The Bertz CT molecular complexity index is 817. The number of hydrogen-bond donors (Lipinski definition) is 2. The van der Waals surface area contributed by atoms with E-state index in [9.17, 15) is 13.9 Å². The largest absolute Gasteiger partial charge is 0.386 e. The van der Waals surface area contributed by atoms with Crippen LogP contribution in [0.2, 0.25) is 0 Å². The number of nitrogens with one attached hydrogen (secondary N) is 1. The van der Waals surface area contributed by atoms with Crippen LogP contribution in [0.4, 0.5) is 0 Å². The number of rotatable bonds is 13. The highest BCUT2D eigenvalue weighted by molar-refractivity contribution is 7.59. The van der Waals surface area contributed by atoms with Crippen LogP contribution in [0.5, 0.6) is 0 Å². The van der Waals surface area contributed by atoms with Crippen LogP contribution >= 0.6 is 15.2 Å². The van der Waals surface area contributed by atoms with E-state index >= 15 is 0 Å². The maximum Gasteiger partial charge on any atom is 0.362 e. The van der Waals surface area contributed by atoms with Gasteiger partial charge in [0.05, 0.1) is 19.3 Å². The van der Waals surface area contributed by atoms with Gasteiger partial charge >= 0.3 is 15.2 Å². The molecule has 0 fully saturated rings. The summed E-state index contributed by atoms with van der Waals surface area (Å²) in [4.78, 5) is 13.1. The van der Waals surface area contributed by atoms with Crippen molar-refractivity contribution in [1.82, 2.24) is 0 Å². The summed E-state index contributed by atoms with van der Waals surface area (Å²) in [6.07, 6.45) is -0.643. The molecule has 0 aliphatic heterocycles. The Balaban J connectivity index is 3.51. The number of nitrogens with two attached hydrogens (primary N) is 1. The molecule has 0 radical (unpaired) electrons. The SMILES string of the molecule is CCOP(=O)(OCC)C(C)(C)OP(=O)(OC(C)C)C(C(=N)N)C(=O)c1ccccc1. The van der Waals surface area contributed by atoms with Gasteiger partial charge in [0.1, 0.15) is 5.84 Å². The smallest absolute Gasteiger partial charge is 0.362 e. The molecule has 0 aliphatic carbocycles. The molecule has 9 nitrogen and oxygen atoms in total. The minimum atomic E-state index is -4.46. The van der Waals surface area contributed by atoms with E-state index in [0.717, 1.165) is 0 Å². The maximum atomic E-state index is 13.9. The van der Waals surface area contributed by atoms with Crippen molar-refractivity contribution in [2.45, 2.75) is 58.6 Å². The molecule has 3 N–H and O–H groups in total. The molecule has 0 aromatic heterocycles. The molecule has 0 aliphatic rings. The molecule has 0 spiro atoms. The zero-order valence-corrected chi connectivity index (χ0v) is 20.1. The molecule has 170 valence electrons. The zero-order chi connectivity index (χ0) is 23.2. The van der Waals surface area contributed by atoms with Gasteiger partial charge in [-0.2, -0.15) is 0 Å². The van der Waals surface area contributed by atoms with Gasteiger partial charge in [0.2, 0.25) is 0 Å². The van der Waals surface area contributed by atoms with E-state index in [2.05, 4.69) is 0 Å². The maximum absolute atomic E-state index is 13.9. The molecule has 0 amide bonds. The molecule has 2 atom stereocenters. The summed E-state index contributed by atoms with van der Waals surface area (Å²) in [6.45, 7) is 9.30. The average Bonchev–Trinajstić information content (AvgIpc) is 2.61. The van der Waals surface area contributed by atoms with Crippen LogP contribution < -0.4 is 5.73 Å². The van der Waals surface area contributed by atoms with Gasteiger partial charge in [0, 0.05) is 5.56 Å². The van der Waals surface area contributed by atoms with Crippen molar-refractivity contribution >= 4 is 26.8 Å². The van der Waals surface area contributed by atoms with E-state index in [1.807, 2.05) is 0 Å². The molecule has 1 rings (SSSR count). The number of ketones is 1. The number of carbonyl (C=O) groups is 1. The van der Waals surface area contributed by atoms with E-state index in [1.54, 1.807) is 45.9 Å². The van der Waals surface area contributed by atoms with Crippen molar-refractivity contribution in [3.63, 3.8) is 0 Å². The fraction of sp³-hybridized carbons (Fsp3) is 0.579. The summed E-state index contributed by atoms with van der Waals surface area (Å²) in [6, 6.07) is 7.98. The molecular formula is C19H32N2O7P2. The molecule has 0 saturated carbocycles. The lowest BCUT2D eigenvalue weighted by Crippen LogP contribution is -2.39. The van der Waals surface area contributed by atoms with E-state index in [-0.39, 0.29) is 18.8 Å². The van der Waals surface area contributed by atoms with Gasteiger partial charge in [-0.25, -0.2) is 0 Å². The molecule has 1 aromatic rings. The van der Waals surface area contributed by atoms with Crippen molar-refractivity contribution in [3.05, 3.63) is 35.9 Å². The Labute approximate surface area is 178 Å². The van der Waals surface area contributed by atoms with Gasteiger partial charge in [-0.3, -0.25) is 23.9 Å². The highest BCUT2D eigenvalue weighted by Gasteiger charge is 2.54. The van der Waals surface area contributed by atoms with Gasteiger partial charge in [-0.1, -0.05) is 30.3 Å². The minimum absolute atomic E-state index is 0.0541. The third kappa shape index (κ3) is 6.33. The van der Waals surface area contributed by atoms with E-state index in [4.69, 9.17) is 29.2 Å². The fourth-order valence-corrected chi connectivity index (χ4v) is 7.07. The summed E-state index contributed by atoms with van der Waals surface area (Å²) < 4.78 is 49.2. The molecule has 0 heterocycles. The van der Waals surface area contributed by atoms with Crippen LogP contribution in [-0.4, -0.2) is 41.9 Å². The van der Waals surface area contributed by atoms with E-state index in [0.29, 0.717) is 0 Å². The molecule has 0 saturated heterocycles. The van der Waals surface area contributed by atoms with Crippen molar-refractivity contribution in [2.24, 2.45) is 5.73 Å². The normalized spacial score (nSPS) is 15.6. The average molecular weight is 462 g/mol. The monoisotopic (exact) mass is 462 g/mol. The summed E-state index contributed by atoms with van der Waals surface area (Å²) >= 11 is 0. The molecular weight excluding hydrogens is 430 g/mol. The van der Waals surface area contributed by atoms with E-state index < -0.39 is 43.9 Å². The molecule has 2 unspecified atom stereocenters. The molecule has 1 aromatic carbocycles. The second-order valence-corrected chi connectivity index (χ2v) is 11.7. The topological polar surface area (TPSA) is 138 Å². The summed E-state index contributed by atoms with van der Waals surface area (Å²) in [5, 5.41) is 6.19. The standard InChI is InChI=1S/C19H32N2O7P2/c1-7-25-30(24,26-8-2)19(5,6)28-29(23,27-14(3)4)17(18(20)21)16(22)15-12-10-9-11-13-15/h9-14,17H,7-8H2,1-6H3,(H3,20,21). The quantitative estimate of drug-likeness (QED) is 0.184. The second kappa shape index (κ2) is 10.8. The van der Waals surface area contributed by atoms with Gasteiger partial charge in [-0.05, 0) is 41.5 Å². The third-order valence-electron chi connectivity index (χ3n) is 3.88. The van der Waals surface area contributed by atoms with Crippen LogP contribution in [0.25, 0.3) is 0 Å². The highest BCUT2D eigenvalue weighted by atomic mass is 31.2. The third-order valence-corrected chi connectivity index (χ3v) is 9.21. The Morgan fingerprint density at radius 3 is 2.00 bits per heavy atom. The van der Waals surface area contributed by atoms with Crippen LogP contribution in [0.3, 0.4) is 0 Å². The molecule has 30 heavy (non-hydrogen) atoms. The van der Waals surface area contributed by atoms with Crippen LogP contribution in [0.1, 0.15) is 51.9 Å². The first-order valence-corrected chi connectivity index (χ1v) is 12.8. The lowest BCUT2D eigenvalue weighted by molar-refractivity contribution is 0.0772. The Kier molecular flexibility index (Phi) is 9.61. The first-order chi connectivity index (χ1) is 13.8. The van der Waals surface area contributed by atoms with Crippen LogP contribution in [0, 0.1) is 5.41 Å². The summed E-state index contributed by atoms with van der Waals surface area (Å²) in [5.74, 6) is -1.39. The van der Waals surface area contributed by atoms with Gasteiger partial charge in [-0.15, -0.1) is 0 Å². The minimum Gasteiger partial charge on any atom is -0.386 e. The first-order valence-electron chi connectivity index (χ1n) is 9.64. The summed E-state index contributed by atoms with van der Waals surface area (Å²) in [5.41, 5.74) is 4.14. The lowest BCUT2D eigenvalue weighted by atomic mass is 10.1. The van der Waals surface area contributed by atoms with Crippen molar-refractivity contribution in [3.8, 4) is 0 Å². The number of carbonyl (C=O) groups excluding carboxylic acids is 1. The van der Waals surface area contributed by atoms with Crippen LogP contribution in [0.15, 0.2) is 30.3 Å². The summed E-state index contributed by atoms with van der Waals surface area (Å²) in [7, 11) is -8.39. The predicted octanol–water partition coefficient (Wildman–Crippen LogP) is 4.81. The number of benzene rings is 1. The van der Waals surface area contributed by atoms with Crippen LogP contribution in [-0.2, 0) is 27.2 Å². The zero-order valence-electron chi connectivity index (χ0n) is 18.3. The number of amidine groups is 1.